The fraction of sp³-hybridized carbons (Fsp3) is 0.583. The minimum atomic E-state index is -0.947. The van der Waals surface area contributed by atoms with Gasteiger partial charge < -0.3 is 15.7 Å². The third kappa shape index (κ3) is 5.89. The molecule has 19 heavy (non-hydrogen) atoms. The van der Waals surface area contributed by atoms with Gasteiger partial charge in [-0.25, -0.2) is 4.79 Å². The number of aryl methyl sites for hydroxylation is 1. The molecule has 0 aliphatic heterocycles. The Morgan fingerprint density at radius 1 is 1.47 bits per heavy atom. The van der Waals surface area contributed by atoms with E-state index in [1.807, 2.05) is 13.1 Å². The predicted molar refractivity (Wildman–Crippen MR) is 69.8 cm³/mol. The summed E-state index contributed by atoms with van der Waals surface area (Å²) >= 11 is 0. The van der Waals surface area contributed by atoms with Gasteiger partial charge in [0.15, 0.2) is 0 Å². The first-order valence-corrected chi connectivity index (χ1v) is 6.05. The minimum Gasteiger partial charge on any atom is -0.481 e. The third-order valence-electron chi connectivity index (χ3n) is 2.43. The zero-order chi connectivity index (χ0) is 14.5. The SMILES string of the molecule is Cc1cnn(CCNC(=O)NC(C)(C)CC(=O)O)c1. The van der Waals surface area contributed by atoms with Crippen molar-refractivity contribution in [1.82, 2.24) is 20.4 Å². The van der Waals surface area contributed by atoms with E-state index in [4.69, 9.17) is 5.11 Å². The topological polar surface area (TPSA) is 96.3 Å². The molecule has 0 aromatic carbocycles. The molecule has 0 saturated heterocycles. The first-order valence-electron chi connectivity index (χ1n) is 6.05. The number of urea groups is 1. The lowest BCUT2D eigenvalue weighted by molar-refractivity contribution is -0.138. The van der Waals surface area contributed by atoms with Crippen molar-refractivity contribution in [1.29, 1.82) is 0 Å². The summed E-state index contributed by atoms with van der Waals surface area (Å²) in [6.07, 6.45) is 3.50. The molecule has 0 fully saturated rings. The van der Waals surface area contributed by atoms with E-state index in [-0.39, 0.29) is 12.5 Å². The van der Waals surface area contributed by atoms with Gasteiger partial charge in [0, 0.05) is 18.3 Å². The third-order valence-corrected chi connectivity index (χ3v) is 2.43. The van der Waals surface area contributed by atoms with E-state index in [0.29, 0.717) is 13.1 Å². The predicted octanol–water partition coefficient (Wildman–Crippen LogP) is 0.744. The Morgan fingerprint density at radius 2 is 2.16 bits per heavy atom. The molecule has 1 rings (SSSR count). The molecule has 1 heterocycles. The molecule has 7 heteroatoms. The molecule has 0 saturated carbocycles. The Morgan fingerprint density at radius 3 is 2.68 bits per heavy atom. The van der Waals surface area contributed by atoms with Gasteiger partial charge in [0.25, 0.3) is 0 Å². The van der Waals surface area contributed by atoms with Gasteiger partial charge in [-0.15, -0.1) is 0 Å². The Hall–Kier alpha value is -2.05. The van der Waals surface area contributed by atoms with Crippen LogP contribution in [0.15, 0.2) is 12.4 Å². The van der Waals surface area contributed by atoms with Crippen LogP contribution in [0.4, 0.5) is 4.79 Å². The summed E-state index contributed by atoms with van der Waals surface area (Å²) in [6, 6.07) is -0.380. The molecule has 0 atom stereocenters. The van der Waals surface area contributed by atoms with Crippen molar-refractivity contribution in [2.24, 2.45) is 0 Å². The van der Waals surface area contributed by atoms with E-state index >= 15 is 0 Å². The fourth-order valence-electron chi connectivity index (χ4n) is 1.65. The van der Waals surface area contributed by atoms with Gasteiger partial charge in [-0.3, -0.25) is 9.48 Å². The number of carboxylic acids is 1. The highest BCUT2D eigenvalue weighted by molar-refractivity contribution is 5.76. The summed E-state index contributed by atoms with van der Waals surface area (Å²) in [7, 11) is 0. The van der Waals surface area contributed by atoms with Crippen LogP contribution < -0.4 is 10.6 Å². The zero-order valence-corrected chi connectivity index (χ0v) is 11.4. The number of aromatic nitrogens is 2. The van der Waals surface area contributed by atoms with Crippen molar-refractivity contribution in [3.8, 4) is 0 Å². The monoisotopic (exact) mass is 268 g/mol. The smallest absolute Gasteiger partial charge is 0.315 e. The maximum absolute atomic E-state index is 11.6. The fourth-order valence-corrected chi connectivity index (χ4v) is 1.65. The summed E-state index contributed by atoms with van der Waals surface area (Å²) in [5, 5.41) is 18.1. The number of amides is 2. The van der Waals surface area contributed by atoms with Gasteiger partial charge in [0.1, 0.15) is 0 Å². The summed E-state index contributed by atoms with van der Waals surface area (Å²) in [4.78, 5) is 22.2. The number of nitrogens with zero attached hydrogens (tertiary/aromatic N) is 2. The Kier molecular flexibility index (Phi) is 4.91. The second-order valence-electron chi connectivity index (χ2n) is 5.12. The number of carboxylic acid groups (broad SMARTS) is 1. The average Bonchev–Trinajstić information content (AvgIpc) is 2.61. The Bertz CT molecular complexity index is 454. The zero-order valence-electron chi connectivity index (χ0n) is 11.4. The molecule has 0 aliphatic rings. The largest absolute Gasteiger partial charge is 0.481 e. The molecule has 0 unspecified atom stereocenters. The van der Waals surface area contributed by atoms with Gasteiger partial charge in [0.2, 0.25) is 0 Å². The number of hydrogen-bond acceptors (Lipinski definition) is 3. The molecule has 3 N–H and O–H groups in total. The van der Waals surface area contributed by atoms with Crippen molar-refractivity contribution in [3.63, 3.8) is 0 Å². The van der Waals surface area contributed by atoms with Crippen LogP contribution >= 0.6 is 0 Å². The standard InChI is InChI=1S/C12H20N4O3/c1-9-7-14-16(8-9)5-4-13-11(19)15-12(2,3)6-10(17)18/h7-8H,4-6H2,1-3H3,(H,17,18)(H2,13,15,19). The molecule has 2 amide bonds. The van der Waals surface area contributed by atoms with Crippen LogP contribution in [0.25, 0.3) is 0 Å². The maximum atomic E-state index is 11.6. The van der Waals surface area contributed by atoms with Gasteiger partial charge in [0.05, 0.1) is 19.2 Å². The van der Waals surface area contributed by atoms with E-state index in [9.17, 15) is 9.59 Å². The summed E-state index contributed by atoms with van der Waals surface area (Å²) in [6.45, 7) is 6.27. The highest BCUT2D eigenvalue weighted by atomic mass is 16.4. The molecule has 0 bridgehead atoms. The van der Waals surface area contributed by atoms with Crippen LogP contribution in [0.1, 0.15) is 25.8 Å². The van der Waals surface area contributed by atoms with Crippen molar-refractivity contribution in [2.45, 2.75) is 39.3 Å². The Balaban J connectivity index is 2.29. The van der Waals surface area contributed by atoms with Gasteiger partial charge in [-0.2, -0.15) is 5.10 Å². The number of carbonyl (C=O) groups excluding carboxylic acids is 1. The molecule has 1 aromatic rings. The quantitative estimate of drug-likeness (QED) is 0.709. The van der Waals surface area contributed by atoms with Gasteiger partial charge >= 0.3 is 12.0 Å². The number of rotatable bonds is 6. The number of carbonyl (C=O) groups is 2. The van der Waals surface area contributed by atoms with E-state index < -0.39 is 11.5 Å². The summed E-state index contributed by atoms with van der Waals surface area (Å²) < 4.78 is 1.73. The van der Waals surface area contributed by atoms with Crippen LogP contribution in [-0.2, 0) is 11.3 Å². The molecular weight excluding hydrogens is 248 g/mol. The first-order chi connectivity index (χ1) is 8.78. The molecule has 0 spiro atoms. The number of nitrogens with one attached hydrogen (secondary N) is 2. The molecular formula is C12H20N4O3. The van der Waals surface area contributed by atoms with E-state index in [1.54, 1.807) is 24.7 Å². The average molecular weight is 268 g/mol. The van der Waals surface area contributed by atoms with Crippen molar-refractivity contribution in [2.75, 3.05) is 6.54 Å². The van der Waals surface area contributed by atoms with Crippen LogP contribution in [0.5, 0.6) is 0 Å². The van der Waals surface area contributed by atoms with Crippen LogP contribution in [0.2, 0.25) is 0 Å². The molecule has 7 nitrogen and oxygen atoms in total. The van der Waals surface area contributed by atoms with Crippen LogP contribution in [0, 0.1) is 6.92 Å². The lowest BCUT2D eigenvalue weighted by Gasteiger charge is -2.24. The molecule has 0 radical (unpaired) electrons. The summed E-state index contributed by atoms with van der Waals surface area (Å²) in [5.41, 5.74) is 0.283. The van der Waals surface area contributed by atoms with E-state index in [0.717, 1.165) is 5.56 Å². The minimum absolute atomic E-state index is 0.126. The highest BCUT2D eigenvalue weighted by Crippen LogP contribution is 2.07. The number of hydrogen-bond donors (Lipinski definition) is 3. The maximum Gasteiger partial charge on any atom is 0.315 e. The number of aliphatic carboxylic acids is 1. The van der Waals surface area contributed by atoms with Gasteiger partial charge in [-0.05, 0) is 26.3 Å². The second kappa shape index (κ2) is 6.21. The Labute approximate surface area is 112 Å². The van der Waals surface area contributed by atoms with E-state index in [2.05, 4.69) is 15.7 Å². The van der Waals surface area contributed by atoms with Crippen LogP contribution in [0.3, 0.4) is 0 Å². The highest BCUT2D eigenvalue weighted by Gasteiger charge is 2.23. The van der Waals surface area contributed by atoms with Crippen LogP contribution in [-0.4, -0.2) is 39.0 Å². The van der Waals surface area contributed by atoms with Gasteiger partial charge in [-0.1, -0.05) is 0 Å². The van der Waals surface area contributed by atoms with Crippen molar-refractivity contribution in [3.05, 3.63) is 18.0 Å². The normalized spacial score (nSPS) is 11.1. The van der Waals surface area contributed by atoms with Crippen molar-refractivity contribution >= 4 is 12.0 Å². The molecule has 0 aliphatic carbocycles. The lowest BCUT2D eigenvalue weighted by Crippen LogP contribution is -2.49. The molecule has 1 aromatic heterocycles. The molecule has 106 valence electrons. The van der Waals surface area contributed by atoms with Crippen molar-refractivity contribution < 1.29 is 14.7 Å². The second-order valence-corrected chi connectivity index (χ2v) is 5.12. The lowest BCUT2D eigenvalue weighted by atomic mass is 10.0. The van der Waals surface area contributed by atoms with E-state index in [1.165, 1.54) is 0 Å². The summed E-state index contributed by atoms with van der Waals surface area (Å²) in [5.74, 6) is -0.947. The first kappa shape index (κ1) is 15.0.